The van der Waals surface area contributed by atoms with E-state index in [0.717, 1.165) is 6.07 Å². The fourth-order valence-corrected chi connectivity index (χ4v) is 1.52. The maximum absolute atomic E-state index is 11.9. The van der Waals surface area contributed by atoms with Gasteiger partial charge in [-0.25, -0.2) is 4.79 Å². The van der Waals surface area contributed by atoms with Crippen LogP contribution in [0.4, 0.5) is 18.9 Å². The van der Waals surface area contributed by atoms with Gasteiger partial charge in [-0.3, -0.25) is 14.9 Å². The van der Waals surface area contributed by atoms with Crippen LogP contribution in [0.15, 0.2) is 18.2 Å². The molecule has 1 amide bonds. The molecule has 0 saturated carbocycles. The number of hydrogen-bond donors (Lipinski definition) is 1. The Balaban J connectivity index is 2.71. The van der Waals surface area contributed by atoms with Crippen LogP contribution in [0.3, 0.4) is 0 Å². The van der Waals surface area contributed by atoms with Crippen LogP contribution in [-0.4, -0.2) is 36.1 Å². The first-order chi connectivity index (χ1) is 10.1. The minimum Gasteiger partial charge on any atom is -0.452 e. The Morgan fingerprint density at radius 3 is 2.55 bits per heavy atom. The van der Waals surface area contributed by atoms with E-state index >= 15 is 0 Å². The zero-order valence-electron chi connectivity index (χ0n) is 11.3. The number of ether oxygens (including phenoxy) is 1. The second kappa shape index (κ2) is 6.87. The number of nitrogens with one attached hydrogen (secondary N) is 1. The van der Waals surface area contributed by atoms with Crippen molar-refractivity contribution >= 4 is 17.6 Å². The van der Waals surface area contributed by atoms with E-state index in [1.54, 1.807) is 0 Å². The van der Waals surface area contributed by atoms with Crippen molar-refractivity contribution < 1.29 is 32.4 Å². The molecule has 1 rings (SSSR count). The van der Waals surface area contributed by atoms with Gasteiger partial charge in [0.25, 0.3) is 11.6 Å². The molecule has 0 atom stereocenters. The molecule has 1 N–H and O–H groups in total. The first-order valence-electron chi connectivity index (χ1n) is 5.86. The molecule has 0 spiro atoms. The summed E-state index contributed by atoms with van der Waals surface area (Å²) in [6.07, 6.45) is -4.59. The third-order valence-electron chi connectivity index (χ3n) is 2.47. The molecule has 0 unspecified atom stereocenters. The highest BCUT2D eigenvalue weighted by atomic mass is 19.4. The highest BCUT2D eigenvalue weighted by Gasteiger charge is 2.28. The van der Waals surface area contributed by atoms with E-state index in [-0.39, 0.29) is 11.1 Å². The average Bonchev–Trinajstić information content (AvgIpc) is 2.41. The lowest BCUT2D eigenvalue weighted by Crippen LogP contribution is -2.36. The van der Waals surface area contributed by atoms with E-state index in [4.69, 9.17) is 0 Å². The summed E-state index contributed by atoms with van der Waals surface area (Å²) < 4.78 is 40.1. The Labute approximate surface area is 122 Å². The van der Waals surface area contributed by atoms with Crippen molar-refractivity contribution in [3.05, 3.63) is 39.4 Å². The third-order valence-corrected chi connectivity index (χ3v) is 2.47. The van der Waals surface area contributed by atoms with Crippen molar-refractivity contribution in [2.24, 2.45) is 0 Å². The molecule has 0 saturated heterocycles. The first kappa shape index (κ1) is 17.4. The van der Waals surface area contributed by atoms with Gasteiger partial charge in [-0.05, 0) is 12.5 Å². The number of amides is 1. The van der Waals surface area contributed by atoms with E-state index in [2.05, 4.69) is 4.74 Å². The van der Waals surface area contributed by atoms with Crippen LogP contribution < -0.4 is 5.32 Å². The molecule has 0 aromatic heterocycles. The quantitative estimate of drug-likeness (QED) is 0.506. The monoisotopic (exact) mass is 320 g/mol. The third kappa shape index (κ3) is 5.04. The number of nitrogens with zero attached hydrogens (tertiary/aromatic N) is 1. The molecule has 0 aliphatic rings. The minimum absolute atomic E-state index is 0.245. The van der Waals surface area contributed by atoms with Crippen molar-refractivity contribution in [2.45, 2.75) is 13.1 Å². The Kier molecular flexibility index (Phi) is 5.44. The zero-order valence-corrected chi connectivity index (χ0v) is 11.3. The summed E-state index contributed by atoms with van der Waals surface area (Å²) >= 11 is 0. The molecule has 120 valence electrons. The molecule has 0 aliphatic carbocycles. The first-order valence-corrected chi connectivity index (χ1v) is 5.86. The van der Waals surface area contributed by atoms with Crippen molar-refractivity contribution in [2.75, 3.05) is 13.2 Å². The van der Waals surface area contributed by atoms with Gasteiger partial charge in [-0.15, -0.1) is 0 Å². The maximum Gasteiger partial charge on any atom is 0.405 e. The van der Waals surface area contributed by atoms with Gasteiger partial charge >= 0.3 is 12.1 Å². The number of benzene rings is 1. The number of nitro groups is 1. The summed E-state index contributed by atoms with van der Waals surface area (Å²) in [7, 11) is 0. The second-order valence-electron chi connectivity index (χ2n) is 4.19. The number of alkyl halides is 3. The number of rotatable bonds is 5. The predicted octanol–water partition coefficient (Wildman–Crippen LogP) is 1.74. The summed E-state index contributed by atoms with van der Waals surface area (Å²) in [5.74, 6) is -2.33. The topological polar surface area (TPSA) is 98.5 Å². The Hall–Kier alpha value is -2.65. The van der Waals surface area contributed by atoms with Crippen molar-refractivity contribution in [3.63, 3.8) is 0 Å². The molecular formula is C12H11F3N2O5. The Bertz CT molecular complexity index is 601. The van der Waals surface area contributed by atoms with Crippen LogP contribution in [0.1, 0.15) is 15.9 Å². The van der Waals surface area contributed by atoms with E-state index in [0.29, 0.717) is 0 Å². The minimum atomic E-state index is -4.59. The summed E-state index contributed by atoms with van der Waals surface area (Å²) in [6.45, 7) is -1.11. The SMILES string of the molecule is Cc1cccc([N+](=O)[O-])c1C(=O)OCC(=O)NCC(F)(F)F. The fourth-order valence-electron chi connectivity index (χ4n) is 1.52. The predicted molar refractivity (Wildman–Crippen MR) is 67.2 cm³/mol. The standard InChI is InChI=1S/C12H11F3N2O5/c1-7-3-2-4-8(17(20)21)10(7)11(19)22-5-9(18)16-6-12(13,14)15/h2-4H,5-6H2,1H3,(H,16,18). The number of halogens is 3. The van der Waals surface area contributed by atoms with E-state index in [1.807, 2.05) is 0 Å². The molecule has 10 heteroatoms. The van der Waals surface area contributed by atoms with Gasteiger partial charge in [-0.2, -0.15) is 13.2 Å². The van der Waals surface area contributed by atoms with Gasteiger partial charge in [0.15, 0.2) is 6.61 Å². The van der Waals surface area contributed by atoms with Crippen molar-refractivity contribution in [3.8, 4) is 0 Å². The molecule has 1 aromatic carbocycles. The van der Waals surface area contributed by atoms with Crippen LogP contribution in [0.5, 0.6) is 0 Å². The van der Waals surface area contributed by atoms with Gasteiger partial charge in [0.1, 0.15) is 12.1 Å². The molecule has 0 fully saturated rings. The normalized spacial score (nSPS) is 10.9. The van der Waals surface area contributed by atoms with Gasteiger partial charge < -0.3 is 10.1 Å². The number of hydrogen-bond acceptors (Lipinski definition) is 5. The lowest BCUT2D eigenvalue weighted by Gasteiger charge is -2.09. The molecule has 22 heavy (non-hydrogen) atoms. The van der Waals surface area contributed by atoms with Crippen LogP contribution in [0, 0.1) is 17.0 Å². The summed E-state index contributed by atoms with van der Waals surface area (Å²) in [5.41, 5.74) is -0.619. The van der Waals surface area contributed by atoms with Gasteiger partial charge in [-0.1, -0.05) is 12.1 Å². The zero-order chi connectivity index (χ0) is 16.9. The number of aryl methyl sites for hydroxylation is 1. The lowest BCUT2D eigenvalue weighted by molar-refractivity contribution is -0.385. The van der Waals surface area contributed by atoms with Crippen LogP contribution in [0.25, 0.3) is 0 Å². The number of nitro benzene ring substituents is 1. The molecule has 0 aliphatic heterocycles. The van der Waals surface area contributed by atoms with E-state index in [1.165, 1.54) is 24.4 Å². The molecular weight excluding hydrogens is 309 g/mol. The lowest BCUT2D eigenvalue weighted by atomic mass is 10.1. The van der Waals surface area contributed by atoms with E-state index < -0.39 is 41.8 Å². The Morgan fingerprint density at radius 2 is 2.00 bits per heavy atom. The van der Waals surface area contributed by atoms with Crippen LogP contribution in [0.2, 0.25) is 0 Å². The smallest absolute Gasteiger partial charge is 0.405 e. The maximum atomic E-state index is 11.9. The molecule has 0 radical (unpaired) electrons. The fraction of sp³-hybridized carbons (Fsp3) is 0.333. The van der Waals surface area contributed by atoms with E-state index in [9.17, 15) is 32.9 Å². The highest BCUT2D eigenvalue weighted by Crippen LogP contribution is 2.22. The molecule has 7 nitrogen and oxygen atoms in total. The second-order valence-corrected chi connectivity index (χ2v) is 4.19. The van der Waals surface area contributed by atoms with Crippen molar-refractivity contribution in [1.82, 2.24) is 5.32 Å². The largest absolute Gasteiger partial charge is 0.452 e. The Morgan fingerprint density at radius 1 is 1.36 bits per heavy atom. The highest BCUT2D eigenvalue weighted by molar-refractivity contribution is 5.96. The average molecular weight is 320 g/mol. The van der Waals surface area contributed by atoms with Gasteiger partial charge in [0.05, 0.1) is 4.92 Å². The molecule has 1 aromatic rings. The summed E-state index contributed by atoms with van der Waals surface area (Å²) in [5, 5.41) is 12.3. The van der Waals surface area contributed by atoms with Crippen molar-refractivity contribution in [1.29, 1.82) is 0 Å². The van der Waals surface area contributed by atoms with Gasteiger partial charge in [0.2, 0.25) is 0 Å². The number of carbonyl (C=O) groups excluding carboxylic acids is 2. The van der Waals surface area contributed by atoms with Gasteiger partial charge in [0, 0.05) is 6.07 Å². The molecule has 0 heterocycles. The summed E-state index contributed by atoms with van der Waals surface area (Å²) in [6, 6.07) is 3.86. The van der Waals surface area contributed by atoms with Crippen LogP contribution >= 0.6 is 0 Å². The van der Waals surface area contributed by atoms with Crippen LogP contribution in [-0.2, 0) is 9.53 Å². The number of esters is 1. The molecule has 0 bridgehead atoms. The number of carbonyl (C=O) groups is 2. The summed E-state index contributed by atoms with van der Waals surface area (Å²) in [4.78, 5) is 32.9.